The van der Waals surface area contributed by atoms with Crippen LogP contribution in [0, 0.1) is 5.41 Å². The van der Waals surface area contributed by atoms with Crippen molar-refractivity contribution in [1.29, 1.82) is 0 Å². The molecule has 0 bridgehead atoms. The highest BCUT2D eigenvalue weighted by Crippen LogP contribution is 2.57. The van der Waals surface area contributed by atoms with Crippen molar-refractivity contribution >= 4 is 19.5 Å². The molecule has 140 valence electrons. The van der Waals surface area contributed by atoms with Gasteiger partial charge in [-0.3, -0.25) is 9.36 Å². The molecule has 0 spiro atoms. The zero-order valence-corrected chi connectivity index (χ0v) is 16.3. The van der Waals surface area contributed by atoms with Crippen LogP contribution in [0.25, 0.3) is 0 Å². The molecule has 0 atom stereocenters. The Bertz CT molecular complexity index is 487. The van der Waals surface area contributed by atoms with E-state index in [0.29, 0.717) is 0 Å². The second-order valence-corrected chi connectivity index (χ2v) is 7.55. The molecule has 0 aromatic carbocycles. The van der Waals surface area contributed by atoms with E-state index in [9.17, 15) is 14.2 Å². The van der Waals surface area contributed by atoms with Crippen molar-refractivity contribution in [3.8, 4) is 0 Å². The van der Waals surface area contributed by atoms with Gasteiger partial charge in [-0.25, -0.2) is 4.79 Å². The van der Waals surface area contributed by atoms with Gasteiger partial charge in [0.1, 0.15) is 5.31 Å². The van der Waals surface area contributed by atoms with Gasteiger partial charge in [0, 0.05) is 0 Å². The van der Waals surface area contributed by atoms with E-state index in [4.69, 9.17) is 18.5 Å². The van der Waals surface area contributed by atoms with Crippen molar-refractivity contribution in [2.24, 2.45) is 5.41 Å². The van der Waals surface area contributed by atoms with Crippen molar-refractivity contribution in [3.63, 3.8) is 0 Å². The van der Waals surface area contributed by atoms with E-state index >= 15 is 0 Å². The summed E-state index contributed by atoms with van der Waals surface area (Å²) in [5.74, 6) is -1.19. The Balaban J connectivity index is 5.79. The molecule has 0 heterocycles. The van der Waals surface area contributed by atoms with Crippen LogP contribution in [0.5, 0.6) is 0 Å². The lowest BCUT2D eigenvalue weighted by molar-refractivity contribution is -0.145. The Morgan fingerprint density at radius 1 is 0.917 bits per heavy atom. The van der Waals surface area contributed by atoms with Crippen LogP contribution in [0.4, 0.5) is 0 Å². The molecule has 0 unspecified atom stereocenters. The minimum absolute atomic E-state index is 0.0159. The van der Waals surface area contributed by atoms with Gasteiger partial charge in [0.25, 0.3) is 0 Å². The van der Waals surface area contributed by atoms with Crippen molar-refractivity contribution in [1.82, 2.24) is 0 Å². The second-order valence-electron chi connectivity index (χ2n) is 5.55. The fourth-order valence-electron chi connectivity index (χ4n) is 1.98. The van der Waals surface area contributed by atoms with Gasteiger partial charge in [0.15, 0.2) is 0 Å². The molecular formula is C16H29O7P. The highest BCUT2D eigenvalue weighted by Gasteiger charge is 2.38. The first-order chi connectivity index (χ1) is 11.2. The molecule has 24 heavy (non-hydrogen) atoms. The average molecular weight is 364 g/mol. The third kappa shape index (κ3) is 7.60. The Morgan fingerprint density at radius 3 is 1.83 bits per heavy atom. The quantitative estimate of drug-likeness (QED) is 0.314. The predicted octanol–water partition coefficient (Wildman–Crippen LogP) is 3.68. The van der Waals surface area contributed by atoms with Crippen LogP contribution in [-0.2, 0) is 32.7 Å². The molecule has 0 aliphatic heterocycles. The molecule has 0 aliphatic rings. The minimum atomic E-state index is -3.84. The molecular weight excluding hydrogens is 335 g/mol. The first kappa shape index (κ1) is 22.8. The van der Waals surface area contributed by atoms with E-state index in [2.05, 4.69) is 0 Å². The molecule has 8 heteroatoms. The Hall–Kier alpha value is -1.17. The van der Waals surface area contributed by atoms with Gasteiger partial charge in [-0.15, -0.1) is 0 Å². The summed E-state index contributed by atoms with van der Waals surface area (Å²) in [6.45, 7) is 10.7. The molecule has 7 nitrogen and oxygen atoms in total. The first-order valence-electron chi connectivity index (χ1n) is 8.11. The van der Waals surface area contributed by atoms with Gasteiger partial charge in [-0.05, 0) is 33.1 Å². The van der Waals surface area contributed by atoms with E-state index in [1.807, 2.05) is 0 Å². The van der Waals surface area contributed by atoms with Crippen molar-refractivity contribution < 1.29 is 32.7 Å². The van der Waals surface area contributed by atoms with Gasteiger partial charge in [0.2, 0.25) is 0 Å². The van der Waals surface area contributed by atoms with E-state index in [1.54, 1.807) is 41.5 Å². The highest BCUT2D eigenvalue weighted by atomic mass is 31.2. The summed E-state index contributed by atoms with van der Waals surface area (Å²) in [7, 11) is -3.84. The number of hydrogen-bond donors (Lipinski definition) is 0. The van der Waals surface area contributed by atoms with Crippen LogP contribution < -0.4 is 0 Å². The maximum absolute atomic E-state index is 13.0. The van der Waals surface area contributed by atoms with Crippen LogP contribution in [0.2, 0.25) is 0 Å². The van der Waals surface area contributed by atoms with E-state index in [1.165, 1.54) is 6.08 Å². The van der Waals surface area contributed by atoms with Crippen LogP contribution >= 0.6 is 7.60 Å². The van der Waals surface area contributed by atoms with E-state index < -0.39 is 24.9 Å². The fraction of sp³-hybridized carbons (Fsp3) is 0.750. The normalized spacial score (nSPS) is 12.8. The number of hydrogen-bond acceptors (Lipinski definition) is 7. The average Bonchev–Trinajstić information content (AvgIpc) is 2.45. The Morgan fingerprint density at radius 2 is 1.42 bits per heavy atom. The zero-order valence-electron chi connectivity index (χ0n) is 15.4. The number of allylic oxidation sites excluding steroid dienone is 1. The lowest BCUT2D eigenvalue weighted by atomic mass is 9.89. The summed E-state index contributed by atoms with van der Waals surface area (Å²) in [5.41, 5.74) is -0.793. The van der Waals surface area contributed by atoms with Crippen LogP contribution in [0.15, 0.2) is 11.4 Å². The Kier molecular flexibility index (Phi) is 10.1. The summed E-state index contributed by atoms with van der Waals surface area (Å²) in [5, 5.41) is -0.192. The predicted molar refractivity (Wildman–Crippen MR) is 90.6 cm³/mol. The highest BCUT2D eigenvalue weighted by molar-refractivity contribution is 7.59. The molecule has 0 rings (SSSR count). The second kappa shape index (κ2) is 10.6. The van der Waals surface area contributed by atoms with Crippen LogP contribution in [-0.4, -0.2) is 38.4 Å². The Labute approximate surface area is 144 Å². The molecule has 0 saturated carbocycles. The minimum Gasteiger partial charge on any atom is -0.466 e. The standard InChI is InChI=1S/C16H29O7P/c1-7-20-14(17)12-16(5,6)11-13(15(18)21-8-2)24(19,22-9-3)23-10-4/h11H,7-10,12H2,1-6H3. The first-order valence-corrected chi connectivity index (χ1v) is 9.65. The van der Waals surface area contributed by atoms with Gasteiger partial charge in [-0.1, -0.05) is 19.9 Å². The van der Waals surface area contributed by atoms with Crippen molar-refractivity contribution in [3.05, 3.63) is 11.4 Å². The molecule has 0 fully saturated rings. The molecule has 0 N–H and O–H groups in total. The van der Waals surface area contributed by atoms with Crippen molar-refractivity contribution in [2.45, 2.75) is 48.0 Å². The fourth-order valence-corrected chi connectivity index (χ4v) is 3.80. The summed E-state index contributed by atoms with van der Waals surface area (Å²) >= 11 is 0. The summed E-state index contributed by atoms with van der Waals surface area (Å²) in [6.07, 6.45) is 1.44. The maximum Gasteiger partial charge on any atom is 0.368 e. The van der Waals surface area contributed by atoms with Crippen molar-refractivity contribution in [2.75, 3.05) is 26.4 Å². The van der Waals surface area contributed by atoms with E-state index in [0.717, 1.165) is 0 Å². The maximum atomic E-state index is 13.0. The van der Waals surface area contributed by atoms with Gasteiger partial charge in [-0.2, -0.15) is 0 Å². The topological polar surface area (TPSA) is 88.1 Å². The summed E-state index contributed by atoms with van der Waals surface area (Å²) < 4.78 is 33.4. The number of ether oxygens (including phenoxy) is 2. The third-order valence-corrected chi connectivity index (χ3v) is 4.91. The zero-order chi connectivity index (χ0) is 18.8. The van der Waals surface area contributed by atoms with Gasteiger partial charge >= 0.3 is 19.5 Å². The SMILES string of the molecule is CCOC(=O)CC(C)(C)C=C(C(=O)OCC)P(=O)(OCC)OCC. The smallest absolute Gasteiger partial charge is 0.368 e. The monoisotopic (exact) mass is 364 g/mol. The largest absolute Gasteiger partial charge is 0.466 e. The number of carbonyl (C=O) groups excluding carboxylic acids is 2. The molecule has 0 aromatic rings. The van der Waals surface area contributed by atoms with Crippen LogP contribution in [0.3, 0.4) is 0 Å². The lowest BCUT2D eigenvalue weighted by Crippen LogP contribution is -2.20. The van der Waals surface area contributed by atoms with Gasteiger partial charge < -0.3 is 18.5 Å². The third-order valence-electron chi connectivity index (χ3n) is 2.81. The summed E-state index contributed by atoms with van der Waals surface area (Å²) in [6, 6.07) is 0. The summed E-state index contributed by atoms with van der Waals surface area (Å²) in [4.78, 5) is 24.0. The molecule has 0 radical (unpaired) electrons. The van der Waals surface area contributed by atoms with Crippen LogP contribution in [0.1, 0.15) is 48.0 Å². The molecule has 0 aliphatic carbocycles. The molecule has 0 aromatic heterocycles. The van der Waals surface area contributed by atoms with Gasteiger partial charge in [0.05, 0.1) is 32.8 Å². The number of carbonyl (C=O) groups is 2. The molecule has 0 saturated heterocycles. The molecule has 0 amide bonds. The lowest BCUT2D eigenvalue weighted by Gasteiger charge is -2.24. The van der Waals surface area contributed by atoms with E-state index in [-0.39, 0.29) is 38.2 Å². The number of rotatable bonds is 11. The number of esters is 2.